The Bertz CT molecular complexity index is 209. The standard InChI is InChI=1S/C8H9NS/c1-3-7-4-2-6-10-8(7)9-5-1/h1,3,5H,2,4,6H2. The van der Waals surface area contributed by atoms with E-state index in [-0.39, 0.29) is 0 Å². The van der Waals surface area contributed by atoms with Crippen molar-refractivity contribution in [1.29, 1.82) is 0 Å². The number of rotatable bonds is 0. The zero-order chi connectivity index (χ0) is 6.81. The summed E-state index contributed by atoms with van der Waals surface area (Å²) in [5, 5.41) is 1.24. The van der Waals surface area contributed by atoms with Crippen molar-refractivity contribution in [2.24, 2.45) is 0 Å². The number of nitrogens with zero attached hydrogens (tertiary/aromatic N) is 1. The van der Waals surface area contributed by atoms with Crippen LogP contribution in [0.1, 0.15) is 12.0 Å². The quantitative estimate of drug-likeness (QED) is 0.563. The maximum atomic E-state index is 4.28. The predicted octanol–water partition coefficient (Wildman–Crippen LogP) is 2.12. The fourth-order valence-electron chi connectivity index (χ4n) is 1.18. The summed E-state index contributed by atoms with van der Waals surface area (Å²) in [4.78, 5) is 4.28. The Morgan fingerprint density at radius 2 is 2.50 bits per heavy atom. The van der Waals surface area contributed by atoms with E-state index in [1.807, 2.05) is 24.0 Å². The molecule has 0 unspecified atom stereocenters. The molecular formula is C8H9NS. The Balaban J connectivity index is 2.41. The van der Waals surface area contributed by atoms with Gasteiger partial charge in [-0.1, -0.05) is 6.07 Å². The Hall–Kier alpha value is -0.500. The van der Waals surface area contributed by atoms with Crippen LogP contribution in [0, 0.1) is 0 Å². The van der Waals surface area contributed by atoms with Crippen molar-refractivity contribution in [3.63, 3.8) is 0 Å². The molecule has 2 heteroatoms. The lowest BCUT2D eigenvalue weighted by molar-refractivity contribution is 0.858. The Labute approximate surface area is 64.9 Å². The van der Waals surface area contributed by atoms with E-state index in [4.69, 9.17) is 0 Å². The normalized spacial score (nSPS) is 16.4. The van der Waals surface area contributed by atoms with Crippen LogP contribution >= 0.6 is 11.8 Å². The zero-order valence-electron chi connectivity index (χ0n) is 5.71. The molecule has 1 aromatic rings. The Morgan fingerprint density at radius 3 is 3.40 bits per heavy atom. The van der Waals surface area contributed by atoms with E-state index in [2.05, 4.69) is 11.1 Å². The first kappa shape index (κ1) is 6.23. The van der Waals surface area contributed by atoms with E-state index < -0.39 is 0 Å². The lowest BCUT2D eigenvalue weighted by atomic mass is 10.2. The summed E-state index contributed by atoms with van der Waals surface area (Å²) >= 11 is 1.88. The molecule has 52 valence electrons. The molecule has 0 atom stereocenters. The van der Waals surface area contributed by atoms with Crippen LogP contribution < -0.4 is 0 Å². The second kappa shape index (κ2) is 2.62. The highest BCUT2D eigenvalue weighted by molar-refractivity contribution is 7.99. The van der Waals surface area contributed by atoms with Crippen LogP contribution in [0.2, 0.25) is 0 Å². The monoisotopic (exact) mass is 151 g/mol. The molecule has 0 N–H and O–H groups in total. The molecule has 0 amide bonds. The number of hydrogen-bond acceptors (Lipinski definition) is 2. The maximum Gasteiger partial charge on any atom is 0.0991 e. The van der Waals surface area contributed by atoms with E-state index in [0.717, 1.165) is 0 Å². The molecule has 0 aliphatic carbocycles. The average Bonchev–Trinajstić information content (AvgIpc) is 2.05. The molecule has 0 saturated carbocycles. The lowest BCUT2D eigenvalue weighted by Crippen LogP contribution is -1.99. The molecule has 0 radical (unpaired) electrons. The van der Waals surface area contributed by atoms with E-state index in [9.17, 15) is 0 Å². The van der Waals surface area contributed by atoms with Gasteiger partial charge in [0.2, 0.25) is 0 Å². The van der Waals surface area contributed by atoms with Gasteiger partial charge in [-0.2, -0.15) is 0 Å². The maximum absolute atomic E-state index is 4.28. The van der Waals surface area contributed by atoms with Gasteiger partial charge in [-0.25, -0.2) is 4.98 Å². The second-order valence-corrected chi connectivity index (χ2v) is 3.50. The fraction of sp³-hybridized carbons (Fsp3) is 0.375. The molecule has 1 aliphatic rings. The van der Waals surface area contributed by atoms with Gasteiger partial charge in [-0.3, -0.25) is 0 Å². The van der Waals surface area contributed by atoms with Crippen LogP contribution in [0.3, 0.4) is 0 Å². The summed E-state index contributed by atoms with van der Waals surface area (Å²) in [6, 6.07) is 4.19. The van der Waals surface area contributed by atoms with Crippen LogP contribution in [0.4, 0.5) is 0 Å². The number of aromatic nitrogens is 1. The largest absolute Gasteiger partial charge is 0.250 e. The highest BCUT2D eigenvalue weighted by atomic mass is 32.2. The predicted molar refractivity (Wildman–Crippen MR) is 43.3 cm³/mol. The summed E-state index contributed by atoms with van der Waals surface area (Å²) in [5.41, 5.74) is 1.43. The molecule has 10 heavy (non-hydrogen) atoms. The molecule has 1 aliphatic heterocycles. The van der Waals surface area contributed by atoms with Crippen molar-refractivity contribution >= 4 is 11.8 Å². The third-order valence-corrected chi connectivity index (χ3v) is 2.81. The van der Waals surface area contributed by atoms with Crippen molar-refractivity contribution in [1.82, 2.24) is 4.98 Å². The zero-order valence-corrected chi connectivity index (χ0v) is 6.53. The molecule has 0 spiro atoms. The van der Waals surface area contributed by atoms with Crippen LogP contribution in [-0.4, -0.2) is 10.7 Å². The summed E-state index contributed by atoms with van der Waals surface area (Å²) in [6.45, 7) is 0. The van der Waals surface area contributed by atoms with Gasteiger partial charge in [0.1, 0.15) is 0 Å². The summed E-state index contributed by atoms with van der Waals surface area (Å²) in [6.07, 6.45) is 4.40. The van der Waals surface area contributed by atoms with E-state index in [0.29, 0.717) is 0 Å². The van der Waals surface area contributed by atoms with Crippen molar-refractivity contribution < 1.29 is 0 Å². The molecule has 1 nitrogen and oxygen atoms in total. The summed E-state index contributed by atoms with van der Waals surface area (Å²) in [7, 11) is 0. The van der Waals surface area contributed by atoms with Gasteiger partial charge in [-0.15, -0.1) is 11.8 Å². The summed E-state index contributed by atoms with van der Waals surface area (Å²) < 4.78 is 0. The third kappa shape index (κ3) is 1.03. The molecule has 2 rings (SSSR count). The molecular weight excluding hydrogens is 142 g/mol. The highest BCUT2D eigenvalue weighted by Gasteiger charge is 2.08. The molecule has 0 fully saturated rings. The van der Waals surface area contributed by atoms with Gasteiger partial charge < -0.3 is 0 Å². The van der Waals surface area contributed by atoms with Gasteiger partial charge >= 0.3 is 0 Å². The number of pyridine rings is 1. The highest BCUT2D eigenvalue weighted by Crippen LogP contribution is 2.26. The van der Waals surface area contributed by atoms with Crippen molar-refractivity contribution in [2.45, 2.75) is 17.9 Å². The first-order valence-corrected chi connectivity index (χ1v) is 4.52. The number of fused-ring (bicyclic) bond motifs is 1. The molecule has 0 bridgehead atoms. The second-order valence-electron chi connectivity index (χ2n) is 2.42. The Kier molecular flexibility index (Phi) is 1.63. The van der Waals surface area contributed by atoms with Gasteiger partial charge in [0.25, 0.3) is 0 Å². The van der Waals surface area contributed by atoms with Crippen LogP contribution in [0.5, 0.6) is 0 Å². The smallest absolute Gasteiger partial charge is 0.0991 e. The van der Waals surface area contributed by atoms with Crippen molar-refractivity contribution in [3.8, 4) is 0 Å². The number of hydrogen-bond donors (Lipinski definition) is 0. The third-order valence-electron chi connectivity index (χ3n) is 1.68. The molecule has 1 aromatic heterocycles. The van der Waals surface area contributed by atoms with E-state index in [1.54, 1.807) is 0 Å². The minimum absolute atomic E-state index is 1.22. The molecule has 2 heterocycles. The van der Waals surface area contributed by atoms with Gasteiger partial charge in [-0.05, 0) is 30.2 Å². The topological polar surface area (TPSA) is 12.9 Å². The van der Waals surface area contributed by atoms with Crippen molar-refractivity contribution in [3.05, 3.63) is 23.9 Å². The van der Waals surface area contributed by atoms with E-state index >= 15 is 0 Å². The average molecular weight is 151 g/mol. The minimum Gasteiger partial charge on any atom is -0.250 e. The molecule has 0 aromatic carbocycles. The lowest BCUT2D eigenvalue weighted by Gasteiger charge is -2.11. The summed E-state index contributed by atoms with van der Waals surface area (Å²) in [5.74, 6) is 1.24. The fourth-order valence-corrected chi connectivity index (χ4v) is 2.15. The Morgan fingerprint density at radius 1 is 1.50 bits per heavy atom. The number of aryl methyl sites for hydroxylation is 1. The van der Waals surface area contributed by atoms with Gasteiger partial charge in [0.15, 0.2) is 0 Å². The minimum atomic E-state index is 1.22. The first-order valence-electron chi connectivity index (χ1n) is 3.53. The van der Waals surface area contributed by atoms with Crippen molar-refractivity contribution in [2.75, 3.05) is 5.75 Å². The van der Waals surface area contributed by atoms with Crippen LogP contribution in [0.25, 0.3) is 0 Å². The van der Waals surface area contributed by atoms with E-state index in [1.165, 1.54) is 29.2 Å². The number of thioether (sulfide) groups is 1. The van der Waals surface area contributed by atoms with Crippen LogP contribution in [-0.2, 0) is 6.42 Å². The van der Waals surface area contributed by atoms with Crippen LogP contribution in [0.15, 0.2) is 23.4 Å². The SMILES string of the molecule is c1cnc2c(c1)CCCS2. The molecule has 0 saturated heterocycles. The van der Waals surface area contributed by atoms with Gasteiger partial charge in [0.05, 0.1) is 5.03 Å². The van der Waals surface area contributed by atoms with Gasteiger partial charge in [0, 0.05) is 6.20 Å². The first-order chi connectivity index (χ1) is 4.97.